The molecule has 1 aliphatic rings. The number of morpholine rings is 1. The highest BCUT2D eigenvalue weighted by molar-refractivity contribution is 5.69. The molecule has 1 fully saturated rings. The number of carbonyl (C=O) groups is 1. The second-order valence-corrected chi connectivity index (χ2v) is 7.90. The Kier molecular flexibility index (Phi) is 6.32. The Balaban J connectivity index is 2.18. The van der Waals surface area contributed by atoms with Crippen LogP contribution in [0.1, 0.15) is 38.8 Å². The normalized spacial score (nSPS) is 22.3. The molecule has 0 aliphatic carbocycles. The summed E-state index contributed by atoms with van der Waals surface area (Å²) in [5.74, 6) is 0.145. The number of nitrogens with zero attached hydrogens (tertiary/aromatic N) is 2. The Morgan fingerprint density at radius 3 is 2.52 bits per heavy atom. The molecule has 2 atom stereocenters. The lowest BCUT2D eigenvalue weighted by Crippen LogP contribution is -2.61. The molecule has 2 rings (SSSR count). The maximum Gasteiger partial charge on any atom is 0.417 e. The molecule has 0 aromatic carbocycles. The van der Waals surface area contributed by atoms with Crippen LogP contribution in [-0.2, 0) is 15.7 Å². The van der Waals surface area contributed by atoms with Crippen molar-refractivity contribution >= 4 is 11.9 Å². The van der Waals surface area contributed by atoms with E-state index in [9.17, 15) is 26.7 Å². The molecule has 1 aromatic rings. The largest absolute Gasteiger partial charge is 0.444 e. The average molecular weight is 425 g/mol. The van der Waals surface area contributed by atoms with Crippen molar-refractivity contribution in [1.29, 1.82) is 0 Å². The first-order valence-corrected chi connectivity index (χ1v) is 8.92. The minimum absolute atomic E-state index is 0.0737. The van der Waals surface area contributed by atoms with Crippen molar-refractivity contribution in [3.8, 4) is 0 Å². The van der Waals surface area contributed by atoms with Gasteiger partial charge in [0.05, 0.1) is 17.7 Å². The Labute approximate surface area is 165 Å². The molecule has 6 nitrogen and oxygen atoms in total. The lowest BCUT2D eigenvalue weighted by Gasteiger charge is -2.43. The molecule has 0 spiro atoms. The number of ether oxygens (including phenoxy) is 2. The van der Waals surface area contributed by atoms with Crippen molar-refractivity contribution < 1.29 is 36.2 Å². The second kappa shape index (κ2) is 7.92. The summed E-state index contributed by atoms with van der Waals surface area (Å²) in [7, 11) is 0. The number of pyridine rings is 1. The fraction of sp³-hybridized carbons (Fsp3) is 0.667. The molecular weight excluding hydrogens is 401 g/mol. The van der Waals surface area contributed by atoms with E-state index in [1.54, 1.807) is 20.8 Å². The van der Waals surface area contributed by atoms with Gasteiger partial charge in [0.25, 0.3) is 0 Å². The highest BCUT2D eigenvalue weighted by Gasteiger charge is 2.48. The summed E-state index contributed by atoms with van der Waals surface area (Å²) < 4.78 is 75.9. The highest BCUT2D eigenvalue weighted by Crippen LogP contribution is 2.32. The molecule has 2 heterocycles. The van der Waals surface area contributed by atoms with Crippen molar-refractivity contribution in [2.45, 2.75) is 64.7 Å². The number of anilines is 1. The fourth-order valence-electron chi connectivity index (χ4n) is 2.87. The van der Waals surface area contributed by atoms with Crippen LogP contribution in [-0.4, -0.2) is 52.9 Å². The molecule has 1 saturated heterocycles. The maximum absolute atomic E-state index is 13.8. The Morgan fingerprint density at radius 1 is 1.38 bits per heavy atom. The van der Waals surface area contributed by atoms with Crippen LogP contribution in [0.3, 0.4) is 0 Å². The van der Waals surface area contributed by atoms with Gasteiger partial charge in [-0.2, -0.15) is 22.0 Å². The standard InChI is InChI=1S/C18H24F5N3O3/c1-10-6-12(18(21,22)23)7-24-14(10)25-8-13-11(2)28-17(19,20)9-26(13)15(27)29-16(3,4)5/h6-7,11,13H,8-9H2,1-5H3,(H,24,25)/t11-,13+/m0/s1. The molecule has 1 N–H and O–H groups in total. The summed E-state index contributed by atoms with van der Waals surface area (Å²) in [6, 6.07) is 0.0728. The molecule has 1 amide bonds. The van der Waals surface area contributed by atoms with E-state index in [0.717, 1.165) is 11.0 Å². The van der Waals surface area contributed by atoms with Crippen LogP contribution >= 0.6 is 0 Å². The van der Waals surface area contributed by atoms with E-state index >= 15 is 0 Å². The van der Waals surface area contributed by atoms with Gasteiger partial charge in [-0.25, -0.2) is 9.78 Å². The summed E-state index contributed by atoms with van der Waals surface area (Å²) in [4.78, 5) is 17.1. The first-order chi connectivity index (χ1) is 13.1. The van der Waals surface area contributed by atoms with Gasteiger partial charge in [-0.1, -0.05) is 0 Å². The first kappa shape index (κ1) is 23.1. The Hall–Kier alpha value is -2.17. The number of halogens is 5. The van der Waals surface area contributed by atoms with Crippen LogP contribution in [0.5, 0.6) is 0 Å². The number of alkyl halides is 5. The molecule has 1 aliphatic heterocycles. The lowest BCUT2D eigenvalue weighted by atomic mass is 10.1. The van der Waals surface area contributed by atoms with Gasteiger partial charge < -0.3 is 14.8 Å². The van der Waals surface area contributed by atoms with Gasteiger partial charge in [0.1, 0.15) is 18.0 Å². The summed E-state index contributed by atoms with van der Waals surface area (Å²) in [6.45, 7) is 6.56. The third-order valence-corrected chi connectivity index (χ3v) is 4.17. The van der Waals surface area contributed by atoms with Gasteiger partial charge >= 0.3 is 18.4 Å². The number of amides is 1. The third-order valence-electron chi connectivity index (χ3n) is 4.17. The van der Waals surface area contributed by atoms with Gasteiger partial charge in [-0.15, -0.1) is 0 Å². The van der Waals surface area contributed by atoms with Crippen molar-refractivity contribution in [3.63, 3.8) is 0 Å². The van der Waals surface area contributed by atoms with E-state index < -0.39 is 48.2 Å². The summed E-state index contributed by atoms with van der Waals surface area (Å²) in [5, 5.41) is 2.81. The SMILES string of the molecule is Cc1cc(C(F)(F)F)cnc1NC[C@@H]1[C@H](C)OC(F)(F)CN1C(=O)OC(C)(C)C. The molecule has 0 saturated carbocycles. The van der Waals surface area contributed by atoms with Crippen LogP contribution in [0.25, 0.3) is 0 Å². The fourth-order valence-corrected chi connectivity index (χ4v) is 2.87. The highest BCUT2D eigenvalue weighted by atomic mass is 19.4. The molecular formula is C18H24F5N3O3. The minimum atomic E-state index is -4.53. The van der Waals surface area contributed by atoms with E-state index in [1.165, 1.54) is 13.8 Å². The first-order valence-electron chi connectivity index (χ1n) is 8.92. The number of hydrogen-bond donors (Lipinski definition) is 1. The molecule has 29 heavy (non-hydrogen) atoms. The molecule has 0 unspecified atom stereocenters. The monoisotopic (exact) mass is 425 g/mol. The van der Waals surface area contributed by atoms with E-state index in [-0.39, 0.29) is 17.9 Å². The van der Waals surface area contributed by atoms with Crippen molar-refractivity contribution in [3.05, 3.63) is 23.4 Å². The van der Waals surface area contributed by atoms with Crippen LogP contribution in [0.2, 0.25) is 0 Å². The minimum Gasteiger partial charge on any atom is -0.444 e. The molecule has 0 bridgehead atoms. The van der Waals surface area contributed by atoms with Gasteiger partial charge in [0, 0.05) is 12.7 Å². The maximum atomic E-state index is 13.8. The molecule has 1 aromatic heterocycles. The molecule has 164 valence electrons. The van der Waals surface area contributed by atoms with Gasteiger partial charge in [0.2, 0.25) is 0 Å². The quantitative estimate of drug-likeness (QED) is 0.726. The van der Waals surface area contributed by atoms with E-state index in [1.807, 2.05) is 0 Å². The van der Waals surface area contributed by atoms with E-state index in [0.29, 0.717) is 6.20 Å². The van der Waals surface area contributed by atoms with Crippen LogP contribution in [0.4, 0.5) is 32.6 Å². The average Bonchev–Trinajstić information content (AvgIpc) is 2.51. The zero-order chi connectivity index (χ0) is 22.2. The lowest BCUT2D eigenvalue weighted by molar-refractivity contribution is -0.300. The zero-order valence-corrected chi connectivity index (χ0v) is 16.7. The summed E-state index contributed by atoms with van der Waals surface area (Å²) in [6.07, 6.45) is -9.39. The number of carbonyl (C=O) groups excluding carboxylic acids is 1. The van der Waals surface area contributed by atoms with Crippen LogP contribution < -0.4 is 5.32 Å². The number of aromatic nitrogens is 1. The van der Waals surface area contributed by atoms with Crippen molar-refractivity contribution in [2.75, 3.05) is 18.4 Å². The zero-order valence-electron chi connectivity index (χ0n) is 16.7. The number of aryl methyl sites for hydroxylation is 1. The number of nitrogens with one attached hydrogen (secondary N) is 1. The van der Waals surface area contributed by atoms with Gasteiger partial charge in [-0.05, 0) is 46.2 Å². The third kappa shape index (κ3) is 6.15. The molecule has 11 heteroatoms. The van der Waals surface area contributed by atoms with Crippen LogP contribution in [0.15, 0.2) is 12.3 Å². The number of hydrogen-bond acceptors (Lipinski definition) is 5. The molecule has 0 radical (unpaired) electrons. The Morgan fingerprint density at radius 2 is 2.00 bits per heavy atom. The van der Waals surface area contributed by atoms with E-state index in [2.05, 4.69) is 15.0 Å². The van der Waals surface area contributed by atoms with Crippen molar-refractivity contribution in [2.24, 2.45) is 0 Å². The van der Waals surface area contributed by atoms with Gasteiger partial charge in [-0.3, -0.25) is 4.90 Å². The second-order valence-electron chi connectivity index (χ2n) is 7.90. The van der Waals surface area contributed by atoms with Gasteiger partial charge in [0.15, 0.2) is 0 Å². The smallest absolute Gasteiger partial charge is 0.417 e. The van der Waals surface area contributed by atoms with Crippen molar-refractivity contribution in [1.82, 2.24) is 9.88 Å². The predicted octanol–water partition coefficient (Wildman–Crippen LogP) is 4.44. The Bertz CT molecular complexity index is 749. The van der Waals surface area contributed by atoms with Crippen LogP contribution in [0, 0.1) is 6.92 Å². The topological polar surface area (TPSA) is 63.7 Å². The summed E-state index contributed by atoms with van der Waals surface area (Å²) in [5.41, 5.74) is -1.57. The number of rotatable bonds is 3. The summed E-state index contributed by atoms with van der Waals surface area (Å²) >= 11 is 0. The predicted molar refractivity (Wildman–Crippen MR) is 94.7 cm³/mol. The van der Waals surface area contributed by atoms with E-state index in [4.69, 9.17) is 4.74 Å².